The second-order valence-corrected chi connectivity index (χ2v) is 7.76. The highest BCUT2D eigenvalue weighted by Gasteiger charge is 2.33. The van der Waals surface area contributed by atoms with Crippen molar-refractivity contribution in [1.29, 1.82) is 0 Å². The molecule has 10 heteroatoms. The fraction of sp³-hybridized carbons (Fsp3) is 0.250. The lowest BCUT2D eigenvalue weighted by molar-refractivity contribution is -0.112. The Kier molecular flexibility index (Phi) is 6.88. The van der Waals surface area contributed by atoms with Crippen molar-refractivity contribution in [3.05, 3.63) is 92.6 Å². The number of benzene rings is 2. The first-order valence-corrected chi connectivity index (χ1v) is 10.7. The first-order valence-electron chi connectivity index (χ1n) is 10.7. The highest BCUT2D eigenvalue weighted by molar-refractivity contribution is 6.44. The molecule has 0 saturated carbocycles. The van der Waals surface area contributed by atoms with Gasteiger partial charge in [0.15, 0.2) is 11.8 Å². The molecule has 0 saturated heterocycles. The number of anilines is 2. The highest BCUT2D eigenvalue weighted by atomic mass is 16.6. The predicted molar refractivity (Wildman–Crippen MR) is 128 cm³/mol. The summed E-state index contributed by atoms with van der Waals surface area (Å²) in [5.74, 6) is -0.661. The van der Waals surface area contributed by atoms with Crippen LogP contribution in [0.5, 0.6) is 0 Å². The van der Waals surface area contributed by atoms with E-state index in [4.69, 9.17) is 15.3 Å². The Balaban J connectivity index is 1.72. The maximum absolute atomic E-state index is 13.6. The summed E-state index contributed by atoms with van der Waals surface area (Å²) in [6.07, 6.45) is -0.181. The van der Waals surface area contributed by atoms with Gasteiger partial charge in [0.1, 0.15) is 11.5 Å². The molecule has 0 spiro atoms. The molecule has 0 bridgehead atoms. The molecule has 3 aromatic rings. The molecule has 1 amide bonds. The third kappa shape index (κ3) is 4.76. The van der Waals surface area contributed by atoms with Gasteiger partial charge < -0.3 is 15.3 Å². The summed E-state index contributed by atoms with van der Waals surface area (Å²) in [5.41, 5.74) is 6.49. The lowest BCUT2D eigenvalue weighted by atomic mass is 10.0. The van der Waals surface area contributed by atoms with Gasteiger partial charge in [0, 0.05) is 13.5 Å². The van der Waals surface area contributed by atoms with Gasteiger partial charge in [-0.15, -0.1) is 0 Å². The third-order valence-corrected chi connectivity index (χ3v) is 5.52. The monoisotopic (exact) mass is 463 g/mol. The van der Waals surface area contributed by atoms with Crippen LogP contribution in [0.25, 0.3) is 0 Å². The zero-order chi connectivity index (χ0) is 24.1. The number of oxime groups is 1. The number of hydrogen-bond acceptors (Lipinski definition) is 7. The Hall–Kier alpha value is -4.18. The van der Waals surface area contributed by atoms with Crippen LogP contribution in [0.15, 0.2) is 75.4 Å². The molecule has 0 aliphatic carbocycles. The molecule has 176 valence electrons. The second-order valence-electron chi connectivity index (χ2n) is 7.76. The fourth-order valence-electron chi connectivity index (χ4n) is 3.77. The number of nitrogens with one attached hydrogen (secondary N) is 1. The average molecular weight is 463 g/mol. The summed E-state index contributed by atoms with van der Waals surface area (Å²) in [5, 5.41) is 4.01. The van der Waals surface area contributed by atoms with E-state index in [1.54, 1.807) is 0 Å². The van der Waals surface area contributed by atoms with Crippen molar-refractivity contribution < 1.29 is 14.4 Å². The number of carbonyl (C=O) groups excluding carboxylic acids is 1. The van der Waals surface area contributed by atoms with Gasteiger partial charge >= 0.3 is 5.69 Å². The van der Waals surface area contributed by atoms with Crippen LogP contribution >= 0.6 is 0 Å². The van der Waals surface area contributed by atoms with Crippen molar-refractivity contribution in [3.8, 4) is 0 Å². The zero-order valence-electron chi connectivity index (χ0n) is 18.6. The Morgan fingerprint density at radius 3 is 2.53 bits per heavy atom. The van der Waals surface area contributed by atoms with Crippen molar-refractivity contribution in [1.82, 2.24) is 9.55 Å². The predicted octanol–water partition coefficient (Wildman–Crippen LogP) is 1.82. The number of ether oxygens (including phenoxy) is 1. The SMILES string of the molecule is COCCn1c(N)c(N(Cc2ccccc2)C(=O)C2=NOC(c3ccccc3)C2)c(=O)[nH]c1=O. The molecule has 1 aliphatic heterocycles. The number of aromatic amines is 1. The fourth-order valence-corrected chi connectivity index (χ4v) is 3.77. The summed E-state index contributed by atoms with van der Waals surface area (Å²) in [4.78, 5) is 47.9. The van der Waals surface area contributed by atoms with Crippen LogP contribution in [0.2, 0.25) is 0 Å². The maximum atomic E-state index is 13.6. The van der Waals surface area contributed by atoms with E-state index >= 15 is 0 Å². The van der Waals surface area contributed by atoms with E-state index in [0.29, 0.717) is 0 Å². The Labute approximate surface area is 195 Å². The minimum absolute atomic E-state index is 0.0461. The van der Waals surface area contributed by atoms with E-state index in [1.807, 2.05) is 60.7 Å². The number of nitrogens with zero attached hydrogens (tertiary/aromatic N) is 3. The summed E-state index contributed by atoms with van der Waals surface area (Å²) >= 11 is 0. The Morgan fingerprint density at radius 1 is 1.18 bits per heavy atom. The first kappa shape index (κ1) is 23.0. The van der Waals surface area contributed by atoms with E-state index < -0.39 is 23.3 Å². The topological polar surface area (TPSA) is 132 Å². The third-order valence-electron chi connectivity index (χ3n) is 5.52. The van der Waals surface area contributed by atoms with Gasteiger partial charge in [0.25, 0.3) is 11.5 Å². The Morgan fingerprint density at radius 2 is 1.85 bits per heavy atom. The van der Waals surface area contributed by atoms with Crippen LogP contribution in [0.4, 0.5) is 11.5 Å². The Bertz CT molecular complexity index is 1300. The molecule has 4 rings (SSSR count). The van der Waals surface area contributed by atoms with Crippen LogP contribution in [0.3, 0.4) is 0 Å². The van der Waals surface area contributed by atoms with E-state index in [1.165, 1.54) is 16.6 Å². The van der Waals surface area contributed by atoms with Gasteiger partial charge in [-0.3, -0.25) is 24.0 Å². The normalized spacial score (nSPS) is 15.0. The molecule has 10 nitrogen and oxygen atoms in total. The number of hydrogen-bond donors (Lipinski definition) is 2. The summed E-state index contributed by atoms with van der Waals surface area (Å²) in [6.45, 7) is 0.352. The molecule has 1 atom stereocenters. The van der Waals surface area contributed by atoms with Crippen molar-refractivity contribution in [2.24, 2.45) is 5.16 Å². The van der Waals surface area contributed by atoms with E-state index in [-0.39, 0.29) is 43.3 Å². The van der Waals surface area contributed by atoms with Gasteiger partial charge in [-0.1, -0.05) is 65.8 Å². The van der Waals surface area contributed by atoms with Gasteiger partial charge in [-0.25, -0.2) is 4.79 Å². The molecule has 0 radical (unpaired) electrons. The largest absolute Gasteiger partial charge is 0.387 e. The van der Waals surface area contributed by atoms with Gasteiger partial charge in [0.2, 0.25) is 0 Å². The van der Waals surface area contributed by atoms with Crippen LogP contribution in [-0.4, -0.2) is 34.9 Å². The van der Waals surface area contributed by atoms with E-state index in [2.05, 4.69) is 10.1 Å². The van der Waals surface area contributed by atoms with Crippen LogP contribution < -0.4 is 21.9 Å². The standard InChI is InChI=1S/C24H25N5O5/c1-33-13-12-28-21(25)20(22(30)26-24(28)32)29(15-16-8-4-2-5-9-16)23(31)18-14-19(34-27-18)17-10-6-3-7-11-17/h2-11,19H,12-15,25H2,1H3,(H,26,30,32). The molecule has 2 aromatic carbocycles. The van der Waals surface area contributed by atoms with Gasteiger partial charge in [-0.05, 0) is 11.1 Å². The van der Waals surface area contributed by atoms with Crippen LogP contribution in [0.1, 0.15) is 23.7 Å². The highest BCUT2D eigenvalue weighted by Crippen LogP contribution is 2.29. The second kappa shape index (κ2) is 10.2. The number of nitrogen functional groups attached to an aromatic ring is 1. The lowest BCUT2D eigenvalue weighted by Crippen LogP contribution is -2.43. The number of amides is 1. The zero-order valence-corrected chi connectivity index (χ0v) is 18.6. The lowest BCUT2D eigenvalue weighted by Gasteiger charge is -2.24. The molecule has 2 heterocycles. The smallest absolute Gasteiger partial charge is 0.330 e. The van der Waals surface area contributed by atoms with Crippen molar-refractivity contribution in [2.75, 3.05) is 24.4 Å². The molecule has 1 aliphatic rings. The molecule has 0 fully saturated rings. The summed E-state index contributed by atoms with van der Waals surface area (Å²) in [7, 11) is 1.49. The van der Waals surface area contributed by atoms with Crippen molar-refractivity contribution in [3.63, 3.8) is 0 Å². The summed E-state index contributed by atoms with van der Waals surface area (Å²) < 4.78 is 6.21. The number of aromatic nitrogens is 2. The van der Waals surface area contributed by atoms with Gasteiger partial charge in [-0.2, -0.15) is 0 Å². The maximum Gasteiger partial charge on any atom is 0.330 e. The van der Waals surface area contributed by atoms with Crippen LogP contribution in [-0.2, 0) is 27.5 Å². The van der Waals surface area contributed by atoms with Gasteiger partial charge in [0.05, 0.1) is 19.7 Å². The number of H-pyrrole nitrogens is 1. The summed E-state index contributed by atoms with van der Waals surface area (Å²) in [6, 6.07) is 18.6. The van der Waals surface area contributed by atoms with Crippen molar-refractivity contribution >= 4 is 23.1 Å². The number of methoxy groups -OCH3 is 1. The molecule has 1 unspecified atom stereocenters. The average Bonchev–Trinajstić information content (AvgIpc) is 3.34. The molecule has 1 aromatic heterocycles. The quantitative estimate of drug-likeness (QED) is 0.524. The molecular formula is C24H25N5O5. The van der Waals surface area contributed by atoms with Crippen LogP contribution in [0, 0.1) is 0 Å². The van der Waals surface area contributed by atoms with E-state index in [0.717, 1.165) is 11.1 Å². The molecular weight excluding hydrogens is 438 g/mol. The number of carbonyl (C=O) groups is 1. The number of rotatable bonds is 8. The molecule has 3 N–H and O–H groups in total. The molecule has 34 heavy (non-hydrogen) atoms. The van der Waals surface area contributed by atoms with Crippen molar-refractivity contribution in [2.45, 2.75) is 25.6 Å². The number of nitrogens with two attached hydrogens (primary N) is 1. The minimum Gasteiger partial charge on any atom is -0.387 e. The minimum atomic E-state index is -0.764. The first-order chi connectivity index (χ1) is 16.5. The van der Waals surface area contributed by atoms with E-state index in [9.17, 15) is 14.4 Å².